The minimum absolute atomic E-state index is 0.0897. The summed E-state index contributed by atoms with van der Waals surface area (Å²) in [6, 6.07) is 23.3. The van der Waals surface area contributed by atoms with Crippen LogP contribution in [0.15, 0.2) is 88.9 Å². The fraction of sp³-hybridized carbons (Fsp3) is 0.226. The van der Waals surface area contributed by atoms with Crippen molar-refractivity contribution in [1.82, 2.24) is 9.99 Å². The minimum atomic E-state index is -4.03. The Bertz CT molecular complexity index is 1610. The zero-order valence-electron chi connectivity index (χ0n) is 23.4. The minimum Gasteiger partial charge on any atom is -0.494 e. The normalized spacial score (nSPS) is 11.5. The second-order valence-corrected chi connectivity index (χ2v) is 11.4. The highest BCUT2D eigenvalue weighted by Crippen LogP contribution is 2.26. The number of nitrogens with one attached hydrogen (secondary N) is 1. The van der Waals surface area contributed by atoms with Gasteiger partial charge in [0.2, 0.25) is 0 Å². The van der Waals surface area contributed by atoms with Crippen LogP contribution in [0.3, 0.4) is 0 Å². The van der Waals surface area contributed by atoms with Crippen LogP contribution in [0, 0.1) is 27.7 Å². The van der Waals surface area contributed by atoms with E-state index in [4.69, 9.17) is 4.74 Å². The summed E-state index contributed by atoms with van der Waals surface area (Å²) in [6.45, 7) is 9.81. The third kappa shape index (κ3) is 6.43. The molecule has 0 saturated heterocycles. The molecule has 1 aromatic heterocycles. The summed E-state index contributed by atoms with van der Waals surface area (Å²) in [5.74, 6) is 0.0318. The van der Waals surface area contributed by atoms with Gasteiger partial charge in [0.15, 0.2) is 0 Å². The van der Waals surface area contributed by atoms with E-state index in [1.807, 2.05) is 40.7 Å². The molecule has 40 heavy (non-hydrogen) atoms. The van der Waals surface area contributed by atoms with Gasteiger partial charge in [-0.25, -0.2) is 13.8 Å². The van der Waals surface area contributed by atoms with E-state index in [0.29, 0.717) is 18.0 Å². The monoisotopic (exact) mass is 558 g/mol. The van der Waals surface area contributed by atoms with Gasteiger partial charge in [0.1, 0.15) is 12.3 Å². The summed E-state index contributed by atoms with van der Waals surface area (Å²) >= 11 is 0. The highest BCUT2D eigenvalue weighted by molar-refractivity contribution is 7.92. The lowest BCUT2D eigenvalue weighted by atomic mass is 10.2. The smallest absolute Gasteiger partial charge is 0.264 e. The highest BCUT2D eigenvalue weighted by atomic mass is 32.2. The molecular formula is C31H34N4O4S. The van der Waals surface area contributed by atoms with Gasteiger partial charge in [0.05, 0.1) is 23.4 Å². The number of anilines is 1. The van der Waals surface area contributed by atoms with Crippen LogP contribution in [0.25, 0.3) is 5.69 Å². The SMILES string of the molecule is CCOc1ccc(N(CC(=O)N/N=C\c2cc(C)n(-c3ccc(C)cc3)c2C)S(=O)(=O)c2ccc(C)cc2)cc1. The predicted molar refractivity (Wildman–Crippen MR) is 159 cm³/mol. The molecule has 0 atom stereocenters. The van der Waals surface area contributed by atoms with E-state index in [-0.39, 0.29) is 4.90 Å². The molecule has 0 spiro atoms. The van der Waals surface area contributed by atoms with Gasteiger partial charge < -0.3 is 9.30 Å². The third-order valence-corrected chi connectivity index (χ3v) is 8.28. The summed E-state index contributed by atoms with van der Waals surface area (Å²) in [5.41, 5.74) is 8.82. The molecule has 3 aromatic carbocycles. The van der Waals surface area contributed by atoms with Gasteiger partial charge in [-0.3, -0.25) is 9.10 Å². The molecule has 1 heterocycles. The number of carbonyl (C=O) groups excluding carboxylic acids is 1. The van der Waals surface area contributed by atoms with E-state index in [1.54, 1.807) is 42.6 Å². The van der Waals surface area contributed by atoms with Crippen molar-refractivity contribution in [3.8, 4) is 11.4 Å². The Labute approximate surface area is 236 Å². The number of hydrazone groups is 1. The lowest BCUT2D eigenvalue weighted by Crippen LogP contribution is -2.39. The molecule has 0 aliphatic carbocycles. The van der Waals surface area contributed by atoms with Crippen LogP contribution < -0.4 is 14.5 Å². The summed E-state index contributed by atoms with van der Waals surface area (Å²) in [7, 11) is -4.03. The van der Waals surface area contributed by atoms with Crippen LogP contribution in [0.2, 0.25) is 0 Å². The second kappa shape index (κ2) is 12.2. The Kier molecular flexibility index (Phi) is 8.74. The molecule has 9 heteroatoms. The van der Waals surface area contributed by atoms with Crippen LogP contribution in [-0.4, -0.2) is 38.3 Å². The molecule has 0 aliphatic heterocycles. The van der Waals surface area contributed by atoms with Crippen LogP contribution in [0.5, 0.6) is 5.75 Å². The van der Waals surface area contributed by atoms with Gasteiger partial charge in [-0.1, -0.05) is 35.4 Å². The predicted octanol–water partition coefficient (Wildman–Crippen LogP) is 5.46. The lowest BCUT2D eigenvalue weighted by Gasteiger charge is -2.24. The van der Waals surface area contributed by atoms with Gasteiger partial charge >= 0.3 is 0 Å². The number of rotatable bonds is 10. The number of nitrogens with zero attached hydrogens (tertiary/aromatic N) is 3. The van der Waals surface area contributed by atoms with E-state index < -0.39 is 22.5 Å². The Morgan fingerprint density at radius 3 is 2.12 bits per heavy atom. The second-order valence-electron chi connectivity index (χ2n) is 9.54. The van der Waals surface area contributed by atoms with Gasteiger partial charge in [-0.2, -0.15) is 5.10 Å². The van der Waals surface area contributed by atoms with Crippen LogP contribution in [0.4, 0.5) is 5.69 Å². The maximum atomic E-state index is 13.6. The van der Waals surface area contributed by atoms with Crippen molar-refractivity contribution in [1.29, 1.82) is 0 Å². The Morgan fingerprint density at radius 1 is 0.925 bits per heavy atom. The molecule has 0 saturated carbocycles. The molecule has 4 aromatic rings. The maximum absolute atomic E-state index is 13.6. The number of aromatic nitrogens is 1. The molecule has 1 amide bonds. The number of hydrogen-bond donors (Lipinski definition) is 1. The Hall–Kier alpha value is -4.37. The van der Waals surface area contributed by atoms with Crippen molar-refractivity contribution in [2.24, 2.45) is 5.10 Å². The molecule has 0 radical (unpaired) electrons. The van der Waals surface area contributed by atoms with E-state index in [0.717, 1.165) is 32.5 Å². The average molecular weight is 559 g/mol. The van der Waals surface area contributed by atoms with Crippen LogP contribution >= 0.6 is 0 Å². The zero-order chi connectivity index (χ0) is 28.9. The number of ether oxygens (including phenoxy) is 1. The zero-order valence-corrected chi connectivity index (χ0v) is 24.2. The quantitative estimate of drug-likeness (QED) is 0.207. The summed E-state index contributed by atoms with van der Waals surface area (Å²) in [4.78, 5) is 13.1. The molecule has 1 N–H and O–H groups in total. The molecule has 0 fully saturated rings. The summed E-state index contributed by atoms with van der Waals surface area (Å²) < 4.78 is 35.9. The van der Waals surface area contributed by atoms with Crippen LogP contribution in [0.1, 0.15) is 35.0 Å². The number of carbonyl (C=O) groups is 1. The van der Waals surface area contributed by atoms with Crippen molar-refractivity contribution in [2.45, 2.75) is 39.5 Å². The lowest BCUT2D eigenvalue weighted by molar-refractivity contribution is -0.119. The first-order chi connectivity index (χ1) is 19.1. The number of aryl methyl sites for hydroxylation is 3. The number of benzene rings is 3. The number of hydrogen-bond acceptors (Lipinski definition) is 5. The van der Waals surface area contributed by atoms with Gasteiger partial charge in [-0.15, -0.1) is 0 Å². The maximum Gasteiger partial charge on any atom is 0.264 e. The highest BCUT2D eigenvalue weighted by Gasteiger charge is 2.27. The Balaban J connectivity index is 1.55. The van der Waals surface area contributed by atoms with E-state index in [2.05, 4.69) is 39.4 Å². The molecule has 0 unspecified atom stereocenters. The first kappa shape index (κ1) is 28.6. The third-order valence-electron chi connectivity index (χ3n) is 6.49. The van der Waals surface area contributed by atoms with Gasteiger partial charge in [0.25, 0.3) is 15.9 Å². The van der Waals surface area contributed by atoms with Crippen LogP contribution in [-0.2, 0) is 14.8 Å². The van der Waals surface area contributed by atoms with Crippen molar-refractivity contribution in [3.63, 3.8) is 0 Å². The van der Waals surface area contributed by atoms with E-state index in [9.17, 15) is 13.2 Å². The fourth-order valence-corrected chi connectivity index (χ4v) is 5.80. The number of sulfonamides is 1. The molecule has 4 rings (SSSR count). The fourth-order valence-electron chi connectivity index (χ4n) is 4.38. The van der Waals surface area contributed by atoms with Gasteiger partial charge in [-0.05, 0) is 89.2 Å². The van der Waals surface area contributed by atoms with Crippen molar-refractivity contribution >= 4 is 27.8 Å². The summed E-state index contributed by atoms with van der Waals surface area (Å²) in [6.07, 6.45) is 1.57. The van der Waals surface area contributed by atoms with Crippen molar-refractivity contribution < 1.29 is 17.9 Å². The van der Waals surface area contributed by atoms with Crippen molar-refractivity contribution in [3.05, 3.63) is 107 Å². The molecule has 0 bridgehead atoms. The van der Waals surface area contributed by atoms with Crippen molar-refractivity contribution in [2.75, 3.05) is 17.5 Å². The molecule has 0 aliphatic rings. The first-order valence-corrected chi connectivity index (χ1v) is 14.4. The Morgan fingerprint density at radius 2 is 1.52 bits per heavy atom. The molecule has 8 nitrogen and oxygen atoms in total. The summed E-state index contributed by atoms with van der Waals surface area (Å²) in [5, 5.41) is 4.14. The first-order valence-electron chi connectivity index (χ1n) is 13.0. The topological polar surface area (TPSA) is 93.0 Å². The molecule has 208 valence electrons. The van der Waals surface area contributed by atoms with Gasteiger partial charge in [0, 0.05) is 22.6 Å². The molecular weight excluding hydrogens is 524 g/mol. The van der Waals surface area contributed by atoms with E-state index >= 15 is 0 Å². The largest absolute Gasteiger partial charge is 0.494 e. The number of amides is 1. The standard InChI is InChI=1S/C31H34N4O4S/c1-6-39-29-15-13-27(14-16-29)34(40(37,38)30-17-9-23(3)10-18-30)21-31(36)33-32-20-26-19-24(4)35(25(26)5)28-11-7-22(2)8-12-28/h7-20H,6,21H2,1-5H3,(H,33,36)/b32-20-. The van der Waals surface area contributed by atoms with E-state index in [1.165, 1.54) is 17.7 Å². The average Bonchev–Trinajstić information content (AvgIpc) is 3.21.